The quantitative estimate of drug-likeness (QED) is 0.373. The van der Waals surface area contributed by atoms with E-state index in [1.54, 1.807) is 0 Å². The molecular weight excluding hydrogens is 468 g/mol. The molecule has 5 aliphatic carbocycles. The average molecular weight is 527 g/mol. The number of aliphatic hydroxyl groups excluding tert-OH is 1. The zero-order valence-corrected chi connectivity index (χ0v) is 25.6. The van der Waals surface area contributed by atoms with E-state index in [4.69, 9.17) is 9.47 Å². The molecule has 5 saturated carbocycles. The van der Waals surface area contributed by atoms with Crippen LogP contribution in [0.2, 0.25) is 0 Å². The number of rotatable bonds is 4. The molecule has 0 amide bonds. The molecule has 1 saturated heterocycles. The lowest BCUT2D eigenvalue weighted by Crippen LogP contribution is -2.66. The first-order valence-corrected chi connectivity index (χ1v) is 16.5. The average Bonchev–Trinajstić information content (AvgIpc) is 3.27. The van der Waals surface area contributed by atoms with Crippen LogP contribution in [0.25, 0.3) is 0 Å². The Balaban J connectivity index is 1.32. The van der Waals surface area contributed by atoms with Gasteiger partial charge in [-0.2, -0.15) is 0 Å². The largest absolute Gasteiger partial charge is 0.393 e. The van der Waals surface area contributed by atoms with E-state index in [1.807, 2.05) is 0 Å². The zero-order valence-electron chi connectivity index (χ0n) is 25.6. The predicted octanol–water partition coefficient (Wildman–Crippen LogP) is 8.55. The molecule has 38 heavy (non-hydrogen) atoms. The third-order valence-electron chi connectivity index (χ3n) is 14.9. The third kappa shape index (κ3) is 3.76. The van der Waals surface area contributed by atoms with Crippen molar-refractivity contribution < 1.29 is 14.6 Å². The lowest BCUT2D eigenvalue weighted by Gasteiger charge is -2.73. The SMILES string of the molecule is C=C(C)C1CCC2(COC3CCCCO3)CCC3(C)C(CCC4C5(C)CCC(O)C(C)(C)C5CCC43C)C12. The highest BCUT2D eigenvalue weighted by Gasteiger charge is 2.70. The normalized spacial score (nSPS) is 53.8. The van der Waals surface area contributed by atoms with Crippen LogP contribution < -0.4 is 0 Å². The number of aliphatic hydroxyl groups is 1. The smallest absolute Gasteiger partial charge is 0.157 e. The molecule has 0 bridgehead atoms. The molecule has 3 heteroatoms. The van der Waals surface area contributed by atoms with Crippen molar-refractivity contribution in [3.8, 4) is 0 Å². The van der Waals surface area contributed by atoms with Crippen LogP contribution in [0.1, 0.15) is 125 Å². The number of fused-ring (bicyclic) bond motifs is 7. The Hall–Kier alpha value is -0.380. The summed E-state index contributed by atoms with van der Waals surface area (Å²) in [7, 11) is 0. The van der Waals surface area contributed by atoms with Gasteiger partial charge in [-0.3, -0.25) is 0 Å². The van der Waals surface area contributed by atoms with Crippen molar-refractivity contribution in [2.24, 2.45) is 56.7 Å². The molecule has 11 atom stereocenters. The molecule has 6 rings (SSSR count). The summed E-state index contributed by atoms with van der Waals surface area (Å²) in [6, 6.07) is 0. The summed E-state index contributed by atoms with van der Waals surface area (Å²) in [6.45, 7) is 21.5. The number of ether oxygens (including phenoxy) is 2. The van der Waals surface area contributed by atoms with Gasteiger partial charge in [-0.25, -0.2) is 0 Å². The van der Waals surface area contributed by atoms with Crippen molar-refractivity contribution in [3.63, 3.8) is 0 Å². The van der Waals surface area contributed by atoms with E-state index in [9.17, 15) is 5.11 Å². The molecule has 1 aliphatic heterocycles. The van der Waals surface area contributed by atoms with Crippen LogP contribution in [0.5, 0.6) is 0 Å². The minimum atomic E-state index is -0.143. The van der Waals surface area contributed by atoms with Gasteiger partial charge in [0.05, 0.1) is 12.7 Å². The second-order valence-electron chi connectivity index (χ2n) is 16.5. The summed E-state index contributed by atoms with van der Waals surface area (Å²) in [5.41, 5.74) is 2.85. The van der Waals surface area contributed by atoms with Crippen molar-refractivity contribution in [2.45, 2.75) is 137 Å². The van der Waals surface area contributed by atoms with Crippen LogP contribution in [-0.2, 0) is 9.47 Å². The van der Waals surface area contributed by atoms with Gasteiger partial charge in [0.15, 0.2) is 6.29 Å². The minimum absolute atomic E-state index is 0.0180. The van der Waals surface area contributed by atoms with Crippen molar-refractivity contribution in [3.05, 3.63) is 12.2 Å². The monoisotopic (exact) mass is 526 g/mol. The van der Waals surface area contributed by atoms with Gasteiger partial charge in [0, 0.05) is 6.61 Å². The van der Waals surface area contributed by atoms with Gasteiger partial charge in [0.2, 0.25) is 0 Å². The maximum Gasteiger partial charge on any atom is 0.157 e. The van der Waals surface area contributed by atoms with Gasteiger partial charge in [0.25, 0.3) is 0 Å². The van der Waals surface area contributed by atoms with E-state index in [0.29, 0.717) is 39.4 Å². The zero-order chi connectivity index (χ0) is 27.1. The maximum absolute atomic E-state index is 11.0. The van der Waals surface area contributed by atoms with Crippen LogP contribution in [-0.4, -0.2) is 30.7 Å². The van der Waals surface area contributed by atoms with E-state index in [0.717, 1.165) is 37.9 Å². The summed E-state index contributed by atoms with van der Waals surface area (Å²) >= 11 is 0. The fraction of sp³-hybridized carbons (Fsp3) is 0.943. The first-order chi connectivity index (χ1) is 17.9. The topological polar surface area (TPSA) is 38.7 Å². The number of hydrogen-bond acceptors (Lipinski definition) is 3. The number of hydrogen-bond donors (Lipinski definition) is 1. The Kier molecular flexibility index (Phi) is 6.81. The summed E-state index contributed by atoms with van der Waals surface area (Å²) in [6.07, 6.45) is 16.2. The second-order valence-corrected chi connectivity index (χ2v) is 16.5. The van der Waals surface area contributed by atoms with E-state index in [2.05, 4.69) is 48.1 Å². The third-order valence-corrected chi connectivity index (χ3v) is 14.9. The van der Waals surface area contributed by atoms with Crippen molar-refractivity contribution in [1.29, 1.82) is 0 Å². The van der Waals surface area contributed by atoms with Crippen LogP contribution >= 0.6 is 0 Å². The second kappa shape index (κ2) is 9.32. The van der Waals surface area contributed by atoms with Gasteiger partial charge in [0.1, 0.15) is 0 Å². The standard InChI is InChI=1S/C35H58O3/c1-23(2)24-13-18-35(22-38-29-10-8-9-21-37-29)20-19-33(6)25(30(24)35)11-12-27-32(5)16-15-28(36)31(3,4)26(32)14-17-34(27,33)7/h24-30,36H,1,8-22H2,2-7H3. The fourth-order valence-electron chi connectivity index (χ4n) is 12.6. The van der Waals surface area contributed by atoms with Gasteiger partial charge in [-0.15, -0.1) is 0 Å². The highest BCUT2D eigenvalue weighted by molar-refractivity contribution is 5.21. The summed E-state index contributed by atoms with van der Waals surface area (Å²) in [5, 5.41) is 11.0. The Morgan fingerprint density at radius 2 is 1.63 bits per heavy atom. The Labute approximate surface area is 233 Å². The minimum Gasteiger partial charge on any atom is -0.393 e. The van der Waals surface area contributed by atoms with Gasteiger partial charge < -0.3 is 14.6 Å². The van der Waals surface area contributed by atoms with Crippen molar-refractivity contribution in [1.82, 2.24) is 0 Å². The first-order valence-electron chi connectivity index (χ1n) is 16.5. The Bertz CT molecular complexity index is 920. The molecular formula is C35H58O3. The lowest BCUT2D eigenvalue weighted by molar-refractivity contribution is -0.256. The van der Waals surface area contributed by atoms with E-state index < -0.39 is 0 Å². The molecule has 0 spiro atoms. The van der Waals surface area contributed by atoms with Crippen LogP contribution in [0.15, 0.2) is 12.2 Å². The molecule has 216 valence electrons. The van der Waals surface area contributed by atoms with E-state index >= 15 is 0 Å². The Morgan fingerprint density at radius 1 is 0.842 bits per heavy atom. The molecule has 1 N–H and O–H groups in total. The molecule has 0 radical (unpaired) electrons. The van der Waals surface area contributed by atoms with Crippen LogP contribution in [0.4, 0.5) is 0 Å². The molecule has 0 aromatic rings. The fourth-order valence-corrected chi connectivity index (χ4v) is 12.6. The predicted molar refractivity (Wildman–Crippen MR) is 155 cm³/mol. The lowest BCUT2D eigenvalue weighted by atomic mass is 9.32. The highest BCUT2D eigenvalue weighted by atomic mass is 16.7. The van der Waals surface area contributed by atoms with Crippen molar-refractivity contribution >= 4 is 0 Å². The van der Waals surface area contributed by atoms with Gasteiger partial charge >= 0.3 is 0 Å². The van der Waals surface area contributed by atoms with E-state index in [-0.39, 0.29) is 17.8 Å². The molecule has 11 unspecified atom stereocenters. The highest BCUT2D eigenvalue weighted by Crippen LogP contribution is 2.77. The van der Waals surface area contributed by atoms with Crippen molar-refractivity contribution in [2.75, 3.05) is 13.2 Å². The van der Waals surface area contributed by atoms with E-state index in [1.165, 1.54) is 76.2 Å². The molecule has 0 aromatic carbocycles. The molecule has 6 aliphatic rings. The maximum atomic E-state index is 11.0. The van der Waals surface area contributed by atoms with Gasteiger partial charge in [-0.05, 0) is 147 Å². The molecule has 6 fully saturated rings. The molecule has 3 nitrogen and oxygen atoms in total. The summed E-state index contributed by atoms with van der Waals surface area (Å²) in [4.78, 5) is 0. The first kappa shape index (κ1) is 27.8. The van der Waals surface area contributed by atoms with Crippen LogP contribution in [0, 0.1) is 56.7 Å². The summed E-state index contributed by atoms with van der Waals surface area (Å²) < 4.78 is 12.7. The van der Waals surface area contributed by atoms with Crippen LogP contribution in [0.3, 0.4) is 0 Å². The number of allylic oxidation sites excluding steroid dienone is 1. The summed E-state index contributed by atoms with van der Waals surface area (Å²) in [5.74, 6) is 3.52. The van der Waals surface area contributed by atoms with Gasteiger partial charge in [-0.1, -0.05) is 46.8 Å². The Morgan fingerprint density at radius 3 is 2.34 bits per heavy atom. The molecule has 1 heterocycles. The molecule has 0 aromatic heterocycles.